The summed E-state index contributed by atoms with van der Waals surface area (Å²) >= 11 is 0. The van der Waals surface area contributed by atoms with Crippen molar-refractivity contribution < 1.29 is 0 Å². The van der Waals surface area contributed by atoms with Crippen molar-refractivity contribution in [1.29, 1.82) is 0 Å². The van der Waals surface area contributed by atoms with Crippen molar-refractivity contribution in [2.75, 3.05) is 0 Å². The summed E-state index contributed by atoms with van der Waals surface area (Å²) in [6.45, 7) is 9.71. The lowest BCUT2D eigenvalue weighted by Gasteiger charge is -2.41. The summed E-state index contributed by atoms with van der Waals surface area (Å²) in [5.41, 5.74) is 8.22. The predicted octanol–water partition coefficient (Wildman–Crippen LogP) is 9.37. The van der Waals surface area contributed by atoms with Gasteiger partial charge in [-0.25, -0.2) is 0 Å². The third-order valence-corrected chi connectivity index (χ3v) is 11.3. The van der Waals surface area contributed by atoms with Gasteiger partial charge in [-0.3, -0.25) is 0 Å². The first-order valence-corrected chi connectivity index (χ1v) is 14.6. The summed E-state index contributed by atoms with van der Waals surface area (Å²) in [7, 11) is -0.131. The number of hydrogen-bond donors (Lipinski definition) is 0. The second kappa shape index (κ2) is 10.7. The largest absolute Gasteiger partial charge is 0.0680 e. The Bertz CT molecular complexity index is 805. The Morgan fingerprint density at radius 3 is 1.68 bits per heavy atom. The first kappa shape index (κ1) is 23.0. The van der Waals surface area contributed by atoms with E-state index in [1.54, 1.807) is 16.7 Å². The highest BCUT2D eigenvalue weighted by atomic mass is 31.1. The van der Waals surface area contributed by atoms with Crippen LogP contribution in [0.5, 0.6) is 0 Å². The van der Waals surface area contributed by atoms with Crippen LogP contribution in [0.2, 0.25) is 0 Å². The molecule has 2 saturated carbocycles. The molecule has 0 aromatic heterocycles. The van der Waals surface area contributed by atoms with E-state index in [4.69, 9.17) is 0 Å². The van der Waals surface area contributed by atoms with Gasteiger partial charge in [-0.05, 0) is 76.4 Å². The fraction of sp³-hybridized carbons (Fsp3) is 0.600. The van der Waals surface area contributed by atoms with Crippen LogP contribution in [0.25, 0.3) is 11.1 Å². The molecule has 0 saturated heterocycles. The minimum Gasteiger partial charge on any atom is -0.0680 e. The standard InChI is InChI=1S/C30H43P/c1-22(2)27-20-21-28(24-14-8-5-9-15-24)30(29(27)23(3)4)31(25-16-10-6-11-17-25)26-18-12-7-13-19-26/h5,8-9,14-15,20-23,25-26H,6-7,10-13,16-19H2,1-4H3. The molecular formula is C30H43P. The molecule has 0 nitrogen and oxygen atoms in total. The Morgan fingerprint density at radius 1 is 0.645 bits per heavy atom. The fourth-order valence-corrected chi connectivity index (χ4v) is 10.6. The predicted molar refractivity (Wildman–Crippen MR) is 140 cm³/mol. The van der Waals surface area contributed by atoms with Crippen LogP contribution in [0.3, 0.4) is 0 Å². The van der Waals surface area contributed by atoms with Gasteiger partial charge in [0.2, 0.25) is 0 Å². The van der Waals surface area contributed by atoms with Crippen molar-refractivity contribution in [2.24, 2.45) is 0 Å². The average molecular weight is 435 g/mol. The normalized spacial score (nSPS) is 18.9. The molecule has 0 radical (unpaired) electrons. The minimum atomic E-state index is -0.131. The molecule has 2 fully saturated rings. The highest BCUT2D eigenvalue weighted by Gasteiger charge is 2.36. The van der Waals surface area contributed by atoms with Gasteiger partial charge in [0.05, 0.1) is 0 Å². The van der Waals surface area contributed by atoms with E-state index in [0.717, 1.165) is 11.3 Å². The van der Waals surface area contributed by atoms with E-state index < -0.39 is 0 Å². The van der Waals surface area contributed by atoms with Gasteiger partial charge >= 0.3 is 0 Å². The van der Waals surface area contributed by atoms with Gasteiger partial charge in [0.25, 0.3) is 0 Å². The van der Waals surface area contributed by atoms with E-state index in [-0.39, 0.29) is 7.92 Å². The van der Waals surface area contributed by atoms with Crippen LogP contribution in [0.1, 0.15) is 115 Å². The van der Waals surface area contributed by atoms with Crippen LogP contribution in [0.15, 0.2) is 42.5 Å². The van der Waals surface area contributed by atoms with Crippen LogP contribution in [-0.2, 0) is 0 Å². The van der Waals surface area contributed by atoms with Gasteiger partial charge in [0.15, 0.2) is 0 Å². The van der Waals surface area contributed by atoms with Gasteiger partial charge in [-0.1, -0.05) is 117 Å². The molecule has 0 atom stereocenters. The van der Waals surface area contributed by atoms with Gasteiger partial charge < -0.3 is 0 Å². The van der Waals surface area contributed by atoms with Crippen molar-refractivity contribution in [2.45, 2.75) is 115 Å². The Morgan fingerprint density at radius 2 is 1.19 bits per heavy atom. The lowest BCUT2D eigenvalue weighted by molar-refractivity contribution is 0.487. The van der Waals surface area contributed by atoms with E-state index >= 15 is 0 Å². The van der Waals surface area contributed by atoms with Gasteiger partial charge in [-0.2, -0.15) is 0 Å². The molecule has 2 aliphatic carbocycles. The lowest BCUT2D eigenvalue weighted by Crippen LogP contribution is -2.30. The van der Waals surface area contributed by atoms with Crippen molar-refractivity contribution in [3.8, 4) is 11.1 Å². The topological polar surface area (TPSA) is 0 Å². The van der Waals surface area contributed by atoms with Crippen molar-refractivity contribution in [1.82, 2.24) is 0 Å². The SMILES string of the molecule is CC(C)c1ccc(-c2ccccc2)c(P(C2CCCCC2)C2CCCCC2)c1C(C)C. The van der Waals surface area contributed by atoms with Gasteiger partial charge in [0, 0.05) is 0 Å². The Balaban J connectivity index is 1.95. The molecule has 2 aliphatic rings. The minimum absolute atomic E-state index is 0.131. The van der Waals surface area contributed by atoms with E-state index in [9.17, 15) is 0 Å². The fourth-order valence-electron chi connectivity index (χ4n) is 6.24. The monoisotopic (exact) mass is 434 g/mol. The Kier molecular flexibility index (Phi) is 7.92. The second-order valence-corrected chi connectivity index (χ2v) is 13.4. The highest BCUT2D eigenvalue weighted by Crippen LogP contribution is 2.57. The summed E-state index contributed by atoms with van der Waals surface area (Å²) < 4.78 is 0. The molecule has 31 heavy (non-hydrogen) atoms. The van der Waals surface area contributed by atoms with Gasteiger partial charge in [-0.15, -0.1) is 0 Å². The number of benzene rings is 2. The summed E-state index contributed by atoms with van der Waals surface area (Å²) in [6, 6.07) is 16.3. The molecule has 0 unspecified atom stereocenters. The molecule has 0 aliphatic heterocycles. The summed E-state index contributed by atoms with van der Waals surface area (Å²) in [5, 5.41) is 1.82. The van der Waals surface area contributed by atoms with Crippen LogP contribution in [0, 0.1) is 0 Å². The molecule has 4 rings (SSSR count). The maximum Gasteiger partial charge on any atom is -0.0104 e. The highest BCUT2D eigenvalue weighted by molar-refractivity contribution is 7.67. The van der Waals surface area contributed by atoms with E-state index in [1.165, 1.54) is 69.8 Å². The van der Waals surface area contributed by atoms with E-state index in [0.29, 0.717) is 11.8 Å². The van der Waals surface area contributed by atoms with Gasteiger partial charge in [0.1, 0.15) is 0 Å². The second-order valence-electron chi connectivity index (χ2n) is 10.6. The third-order valence-electron chi connectivity index (χ3n) is 7.73. The Hall–Kier alpha value is -1.13. The molecule has 1 heteroatoms. The third kappa shape index (κ3) is 5.11. The smallest absolute Gasteiger partial charge is 0.0104 e. The first-order valence-electron chi connectivity index (χ1n) is 13.1. The number of hydrogen-bond acceptors (Lipinski definition) is 0. The zero-order chi connectivity index (χ0) is 21.8. The van der Waals surface area contributed by atoms with Crippen molar-refractivity contribution in [3.63, 3.8) is 0 Å². The molecule has 0 N–H and O–H groups in total. The van der Waals surface area contributed by atoms with Crippen LogP contribution < -0.4 is 5.30 Å². The van der Waals surface area contributed by atoms with Crippen LogP contribution >= 0.6 is 7.92 Å². The average Bonchev–Trinajstić information content (AvgIpc) is 2.80. The summed E-state index contributed by atoms with van der Waals surface area (Å²) in [4.78, 5) is 0. The van der Waals surface area contributed by atoms with Crippen LogP contribution in [-0.4, -0.2) is 11.3 Å². The maximum absolute atomic E-state index is 2.51. The molecule has 2 aromatic carbocycles. The molecule has 0 spiro atoms. The lowest BCUT2D eigenvalue weighted by atomic mass is 9.87. The molecule has 2 aromatic rings. The quantitative estimate of drug-likeness (QED) is 0.397. The van der Waals surface area contributed by atoms with Crippen molar-refractivity contribution in [3.05, 3.63) is 53.6 Å². The zero-order valence-corrected chi connectivity index (χ0v) is 21.3. The molecule has 0 bridgehead atoms. The van der Waals surface area contributed by atoms with Crippen molar-refractivity contribution >= 4 is 13.2 Å². The molecule has 0 amide bonds. The molecular weight excluding hydrogens is 391 g/mol. The van der Waals surface area contributed by atoms with Crippen LogP contribution in [0.4, 0.5) is 0 Å². The maximum atomic E-state index is 2.51. The summed E-state index contributed by atoms with van der Waals surface area (Å²) in [6.07, 6.45) is 14.6. The molecule has 0 heterocycles. The first-order chi connectivity index (χ1) is 15.1. The number of rotatable bonds is 6. The zero-order valence-electron chi connectivity index (χ0n) is 20.4. The van der Waals surface area contributed by atoms with E-state index in [1.807, 2.05) is 5.30 Å². The Labute approximate surface area is 193 Å². The van der Waals surface area contributed by atoms with E-state index in [2.05, 4.69) is 70.2 Å². The summed E-state index contributed by atoms with van der Waals surface area (Å²) in [5.74, 6) is 1.18. The molecule has 168 valence electrons.